The molecule has 2 aromatic rings. The van der Waals surface area contributed by atoms with E-state index in [4.69, 9.17) is 46.4 Å². The molecule has 6 heteroatoms. The van der Waals surface area contributed by atoms with Crippen LogP contribution in [0.4, 0.5) is 0 Å². The molecule has 0 fully saturated rings. The van der Waals surface area contributed by atoms with Gasteiger partial charge in [0.2, 0.25) is 0 Å². The van der Waals surface area contributed by atoms with Crippen molar-refractivity contribution in [2.24, 2.45) is 0 Å². The molecule has 0 amide bonds. The topological polar surface area (TPSA) is 33.1 Å². The zero-order valence-electron chi connectivity index (χ0n) is 8.22. The summed E-state index contributed by atoms with van der Waals surface area (Å²) in [5.74, 6) is -0.144. The van der Waals surface area contributed by atoms with Gasteiger partial charge in [0.25, 0.3) is 0 Å². The number of hydrogen-bond acceptors (Lipinski definition) is 2. The van der Waals surface area contributed by atoms with Gasteiger partial charge in [-0.1, -0.05) is 52.5 Å². The highest BCUT2D eigenvalue weighted by Gasteiger charge is 2.15. The Morgan fingerprint density at radius 3 is 2.29 bits per heavy atom. The third-order valence-corrected chi connectivity index (χ3v) is 3.78. The van der Waals surface area contributed by atoms with Crippen LogP contribution in [0.3, 0.4) is 0 Å². The first-order valence-electron chi connectivity index (χ1n) is 4.49. The molecule has 0 unspecified atom stereocenters. The van der Waals surface area contributed by atoms with Gasteiger partial charge in [0.15, 0.2) is 10.9 Å². The summed E-state index contributed by atoms with van der Waals surface area (Å²) >= 11 is 23.5. The Morgan fingerprint density at radius 1 is 0.882 bits per heavy atom. The lowest BCUT2D eigenvalue weighted by molar-refractivity contribution is 0.475. The Labute approximate surface area is 118 Å². The molecule has 88 valence electrons. The largest absolute Gasteiger partial charge is 0.504 e. The Bertz CT molecular complexity index is 586. The maximum Gasteiger partial charge on any atom is 0.171 e. The van der Waals surface area contributed by atoms with Crippen molar-refractivity contribution >= 4 is 46.4 Å². The van der Waals surface area contributed by atoms with Crippen LogP contribution < -0.4 is 0 Å². The average Bonchev–Trinajstić information content (AvgIpc) is 2.31. The molecule has 0 saturated carbocycles. The lowest BCUT2D eigenvalue weighted by Crippen LogP contribution is -1.85. The monoisotopic (exact) mass is 307 g/mol. The van der Waals surface area contributed by atoms with Crippen molar-refractivity contribution < 1.29 is 5.11 Å². The first-order chi connectivity index (χ1) is 8.02. The molecule has 1 N–H and O–H groups in total. The lowest BCUT2D eigenvalue weighted by atomic mass is 10.1. The SMILES string of the molecule is Oc1c(-c2ccc(Cl)c(Cl)c2Cl)ccnc1Cl. The number of hydrogen-bond donors (Lipinski definition) is 1. The first kappa shape index (κ1) is 12.8. The van der Waals surface area contributed by atoms with Crippen LogP contribution in [0, 0.1) is 0 Å². The minimum atomic E-state index is -0.144. The third-order valence-electron chi connectivity index (χ3n) is 2.20. The van der Waals surface area contributed by atoms with Crippen LogP contribution in [0.2, 0.25) is 20.2 Å². The van der Waals surface area contributed by atoms with Gasteiger partial charge in [-0.25, -0.2) is 4.98 Å². The number of pyridine rings is 1. The van der Waals surface area contributed by atoms with Crippen molar-refractivity contribution in [3.05, 3.63) is 44.6 Å². The molecule has 0 atom stereocenters. The lowest BCUT2D eigenvalue weighted by Gasteiger charge is -2.09. The molecule has 2 nitrogen and oxygen atoms in total. The molecular formula is C11H5Cl4NO. The van der Waals surface area contributed by atoms with Gasteiger partial charge in [-0.15, -0.1) is 0 Å². The zero-order valence-corrected chi connectivity index (χ0v) is 11.2. The number of aromatic hydroxyl groups is 1. The molecule has 0 spiro atoms. The summed E-state index contributed by atoms with van der Waals surface area (Å²) in [6.45, 7) is 0. The van der Waals surface area contributed by atoms with Gasteiger partial charge in [-0.05, 0) is 12.1 Å². The predicted octanol–water partition coefficient (Wildman–Crippen LogP) is 5.07. The van der Waals surface area contributed by atoms with E-state index in [-0.39, 0.29) is 20.9 Å². The maximum absolute atomic E-state index is 9.81. The van der Waals surface area contributed by atoms with Crippen molar-refractivity contribution in [3.8, 4) is 16.9 Å². The van der Waals surface area contributed by atoms with Crippen molar-refractivity contribution in [2.75, 3.05) is 0 Å². The van der Waals surface area contributed by atoms with Crippen LogP contribution in [-0.2, 0) is 0 Å². The summed E-state index contributed by atoms with van der Waals surface area (Å²) in [7, 11) is 0. The van der Waals surface area contributed by atoms with Gasteiger partial charge in [0, 0.05) is 17.3 Å². The van der Waals surface area contributed by atoms with Gasteiger partial charge < -0.3 is 5.11 Å². The summed E-state index contributed by atoms with van der Waals surface area (Å²) in [6.07, 6.45) is 1.47. The summed E-state index contributed by atoms with van der Waals surface area (Å²) in [4.78, 5) is 3.75. The minimum Gasteiger partial charge on any atom is -0.504 e. The van der Waals surface area contributed by atoms with E-state index in [9.17, 15) is 5.11 Å². The van der Waals surface area contributed by atoms with Gasteiger partial charge in [-0.2, -0.15) is 0 Å². The average molecular weight is 309 g/mol. The van der Waals surface area contributed by atoms with E-state index in [1.54, 1.807) is 18.2 Å². The van der Waals surface area contributed by atoms with Gasteiger partial charge >= 0.3 is 0 Å². The second-order valence-corrected chi connectivity index (χ2v) is 4.74. The van der Waals surface area contributed by atoms with E-state index in [0.717, 1.165) is 0 Å². The highest BCUT2D eigenvalue weighted by Crippen LogP contribution is 2.42. The highest BCUT2D eigenvalue weighted by molar-refractivity contribution is 6.49. The summed E-state index contributed by atoms with van der Waals surface area (Å²) in [6, 6.07) is 4.84. The fraction of sp³-hybridized carbons (Fsp3) is 0. The van der Waals surface area contributed by atoms with E-state index in [1.165, 1.54) is 6.20 Å². The van der Waals surface area contributed by atoms with E-state index < -0.39 is 0 Å². The molecule has 17 heavy (non-hydrogen) atoms. The van der Waals surface area contributed by atoms with Crippen LogP contribution in [0.15, 0.2) is 24.4 Å². The van der Waals surface area contributed by atoms with Crippen LogP contribution in [0.25, 0.3) is 11.1 Å². The molecule has 0 aliphatic carbocycles. The van der Waals surface area contributed by atoms with Crippen LogP contribution in [-0.4, -0.2) is 10.1 Å². The minimum absolute atomic E-state index is 0.00430. The van der Waals surface area contributed by atoms with E-state index in [1.807, 2.05) is 0 Å². The van der Waals surface area contributed by atoms with Gasteiger partial charge in [-0.3, -0.25) is 0 Å². The van der Waals surface area contributed by atoms with Crippen molar-refractivity contribution in [1.82, 2.24) is 4.98 Å². The van der Waals surface area contributed by atoms with Crippen LogP contribution >= 0.6 is 46.4 Å². The normalized spacial score (nSPS) is 10.6. The van der Waals surface area contributed by atoms with Crippen molar-refractivity contribution in [1.29, 1.82) is 0 Å². The molecule has 0 aliphatic rings. The van der Waals surface area contributed by atoms with Crippen molar-refractivity contribution in [2.45, 2.75) is 0 Å². The molecule has 0 bridgehead atoms. The van der Waals surface area contributed by atoms with E-state index in [2.05, 4.69) is 4.98 Å². The maximum atomic E-state index is 9.81. The summed E-state index contributed by atoms with van der Waals surface area (Å²) in [5.41, 5.74) is 0.997. The van der Waals surface area contributed by atoms with Gasteiger partial charge in [0.1, 0.15) is 0 Å². The summed E-state index contributed by atoms with van der Waals surface area (Å²) in [5, 5.41) is 10.7. The van der Waals surface area contributed by atoms with Crippen LogP contribution in [0.1, 0.15) is 0 Å². The number of aromatic nitrogens is 1. The quantitative estimate of drug-likeness (QED) is 0.589. The Morgan fingerprint density at radius 2 is 1.59 bits per heavy atom. The van der Waals surface area contributed by atoms with Gasteiger partial charge in [0.05, 0.1) is 15.1 Å². The Balaban J connectivity index is 2.69. The number of benzene rings is 1. The fourth-order valence-electron chi connectivity index (χ4n) is 1.38. The molecule has 2 rings (SSSR count). The Hall–Kier alpha value is -0.670. The Kier molecular flexibility index (Phi) is 3.69. The third kappa shape index (κ3) is 2.31. The zero-order chi connectivity index (χ0) is 12.6. The van der Waals surface area contributed by atoms with Crippen LogP contribution in [0.5, 0.6) is 5.75 Å². The fourth-order valence-corrected chi connectivity index (χ4v) is 2.18. The molecular weight excluding hydrogens is 304 g/mol. The van der Waals surface area contributed by atoms with E-state index in [0.29, 0.717) is 16.1 Å². The second kappa shape index (κ2) is 4.91. The van der Waals surface area contributed by atoms with E-state index >= 15 is 0 Å². The van der Waals surface area contributed by atoms with Crippen molar-refractivity contribution in [3.63, 3.8) is 0 Å². The second-order valence-electron chi connectivity index (χ2n) is 3.22. The number of rotatable bonds is 1. The first-order valence-corrected chi connectivity index (χ1v) is 6.01. The standard InChI is InChI=1S/C11H5Cl4NO/c12-7-2-1-5(8(13)9(7)14)6-3-4-16-11(15)10(6)17/h1-4,17H. The summed E-state index contributed by atoms with van der Waals surface area (Å²) < 4.78 is 0. The molecule has 1 heterocycles. The molecule has 1 aromatic carbocycles. The molecule has 0 aliphatic heterocycles. The number of halogens is 4. The highest BCUT2D eigenvalue weighted by atomic mass is 35.5. The molecule has 1 aromatic heterocycles. The molecule has 0 saturated heterocycles. The smallest absolute Gasteiger partial charge is 0.171 e. The molecule has 0 radical (unpaired) electrons. The number of nitrogens with zero attached hydrogens (tertiary/aromatic N) is 1. The predicted molar refractivity (Wildman–Crippen MR) is 71.4 cm³/mol.